The molecular formula is C14H29N3O3. The van der Waals surface area contributed by atoms with E-state index in [9.17, 15) is 9.59 Å². The van der Waals surface area contributed by atoms with E-state index in [1.807, 2.05) is 14.1 Å². The van der Waals surface area contributed by atoms with E-state index < -0.39 is 12.0 Å². The molecule has 2 unspecified atom stereocenters. The minimum absolute atomic E-state index is 0.241. The molecule has 0 aromatic rings. The van der Waals surface area contributed by atoms with Gasteiger partial charge in [0, 0.05) is 26.1 Å². The van der Waals surface area contributed by atoms with Crippen molar-refractivity contribution in [3.63, 3.8) is 0 Å². The fourth-order valence-corrected chi connectivity index (χ4v) is 2.10. The molecule has 20 heavy (non-hydrogen) atoms. The maximum absolute atomic E-state index is 11.6. The summed E-state index contributed by atoms with van der Waals surface area (Å²) in [6.45, 7) is 6.97. The van der Waals surface area contributed by atoms with E-state index in [4.69, 9.17) is 4.74 Å². The second kappa shape index (κ2) is 9.72. The molecule has 0 aromatic carbocycles. The van der Waals surface area contributed by atoms with E-state index in [-0.39, 0.29) is 11.9 Å². The monoisotopic (exact) mass is 287 g/mol. The predicted octanol–water partition coefficient (Wildman–Crippen LogP) is 0.230. The third-order valence-electron chi connectivity index (χ3n) is 2.82. The first-order valence-electron chi connectivity index (χ1n) is 6.99. The van der Waals surface area contributed by atoms with E-state index in [0.29, 0.717) is 12.5 Å². The SMILES string of the molecule is COC(=O)C(CNC(CC(C)C)CN(C)C)NC(C)=O. The van der Waals surface area contributed by atoms with Crippen molar-refractivity contribution >= 4 is 11.9 Å². The van der Waals surface area contributed by atoms with Crippen molar-refractivity contribution in [1.29, 1.82) is 0 Å². The number of likely N-dealkylation sites (N-methyl/N-ethyl adjacent to an activating group) is 1. The molecule has 6 heteroatoms. The first-order chi connectivity index (χ1) is 9.26. The molecule has 0 aliphatic heterocycles. The molecule has 0 rings (SSSR count). The van der Waals surface area contributed by atoms with Crippen LogP contribution in [0.3, 0.4) is 0 Å². The number of nitrogens with zero attached hydrogens (tertiary/aromatic N) is 1. The summed E-state index contributed by atoms with van der Waals surface area (Å²) in [4.78, 5) is 24.8. The smallest absolute Gasteiger partial charge is 0.329 e. The molecule has 0 saturated heterocycles. The lowest BCUT2D eigenvalue weighted by Gasteiger charge is -2.26. The summed E-state index contributed by atoms with van der Waals surface area (Å²) >= 11 is 0. The van der Waals surface area contributed by atoms with Gasteiger partial charge < -0.3 is 20.3 Å². The number of hydrogen-bond donors (Lipinski definition) is 2. The number of carbonyl (C=O) groups is 2. The minimum Gasteiger partial charge on any atom is -0.467 e. The van der Waals surface area contributed by atoms with E-state index in [1.54, 1.807) is 0 Å². The maximum Gasteiger partial charge on any atom is 0.329 e. The Morgan fingerprint density at radius 1 is 1.25 bits per heavy atom. The Labute approximate surface area is 122 Å². The molecule has 1 amide bonds. The van der Waals surface area contributed by atoms with Gasteiger partial charge in [-0.05, 0) is 26.4 Å². The molecule has 0 fully saturated rings. The van der Waals surface area contributed by atoms with E-state index in [2.05, 4.69) is 29.4 Å². The first kappa shape index (κ1) is 18.9. The molecular weight excluding hydrogens is 258 g/mol. The van der Waals surface area contributed by atoms with Crippen LogP contribution < -0.4 is 10.6 Å². The molecule has 0 aromatic heterocycles. The predicted molar refractivity (Wildman–Crippen MR) is 79.4 cm³/mol. The fraction of sp³-hybridized carbons (Fsp3) is 0.857. The van der Waals surface area contributed by atoms with Crippen LogP contribution in [0.4, 0.5) is 0 Å². The number of hydrogen-bond acceptors (Lipinski definition) is 5. The molecule has 6 nitrogen and oxygen atoms in total. The van der Waals surface area contributed by atoms with Crippen LogP contribution in [0.1, 0.15) is 27.2 Å². The van der Waals surface area contributed by atoms with E-state index in [1.165, 1.54) is 14.0 Å². The molecule has 0 aliphatic rings. The van der Waals surface area contributed by atoms with Crippen molar-refractivity contribution in [3.8, 4) is 0 Å². The zero-order valence-electron chi connectivity index (χ0n) is 13.5. The third kappa shape index (κ3) is 8.87. The average molecular weight is 287 g/mol. The quantitative estimate of drug-likeness (QED) is 0.594. The second-order valence-corrected chi connectivity index (χ2v) is 5.77. The molecule has 0 spiro atoms. The highest BCUT2D eigenvalue weighted by Gasteiger charge is 2.22. The zero-order valence-corrected chi connectivity index (χ0v) is 13.5. The number of ether oxygens (including phenoxy) is 1. The van der Waals surface area contributed by atoms with Gasteiger partial charge in [0.05, 0.1) is 7.11 Å². The molecule has 0 heterocycles. The summed E-state index contributed by atoms with van der Waals surface area (Å²) < 4.78 is 4.70. The number of amides is 1. The number of rotatable bonds is 9. The summed E-state index contributed by atoms with van der Waals surface area (Å²) in [5.41, 5.74) is 0. The van der Waals surface area contributed by atoms with Crippen LogP contribution in [-0.2, 0) is 14.3 Å². The van der Waals surface area contributed by atoms with Crippen LogP contribution in [0.15, 0.2) is 0 Å². The Kier molecular flexibility index (Phi) is 9.16. The van der Waals surface area contributed by atoms with Crippen LogP contribution in [0.2, 0.25) is 0 Å². The van der Waals surface area contributed by atoms with E-state index >= 15 is 0 Å². The molecule has 0 aliphatic carbocycles. The zero-order chi connectivity index (χ0) is 15.7. The van der Waals surface area contributed by atoms with Crippen molar-refractivity contribution < 1.29 is 14.3 Å². The number of methoxy groups -OCH3 is 1. The lowest BCUT2D eigenvalue weighted by Crippen LogP contribution is -2.51. The lowest BCUT2D eigenvalue weighted by atomic mass is 10.0. The van der Waals surface area contributed by atoms with Gasteiger partial charge in [0.1, 0.15) is 6.04 Å². The molecule has 0 saturated carbocycles. The molecule has 2 atom stereocenters. The Morgan fingerprint density at radius 2 is 1.85 bits per heavy atom. The standard InChI is InChI=1S/C14H29N3O3/c1-10(2)7-12(9-17(4)5)15-8-13(14(19)20-6)16-11(3)18/h10,12-13,15H,7-9H2,1-6H3,(H,16,18). The summed E-state index contributed by atoms with van der Waals surface area (Å²) in [5.74, 6) is -0.110. The Bertz CT molecular complexity index is 296. The second-order valence-electron chi connectivity index (χ2n) is 5.77. The van der Waals surface area contributed by atoms with Gasteiger partial charge >= 0.3 is 5.97 Å². The topological polar surface area (TPSA) is 70.7 Å². The van der Waals surface area contributed by atoms with Crippen molar-refractivity contribution in [3.05, 3.63) is 0 Å². The van der Waals surface area contributed by atoms with Crippen LogP contribution in [-0.4, -0.2) is 63.2 Å². The molecule has 0 radical (unpaired) electrons. The van der Waals surface area contributed by atoms with Crippen LogP contribution in [0.25, 0.3) is 0 Å². The van der Waals surface area contributed by atoms with Crippen molar-refractivity contribution in [2.75, 3.05) is 34.3 Å². The van der Waals surface area contributed by atoms with Gasteiger partial charge in [0.25, 0.3) is 0 Å². The van der Waals surface area contributed by atoms with Gasteiger partial charge in [-0.15, -0.1) is 0 Å². The van der Waals surface area contributed by atoms with Crippen LogP contribution >= 0.6 is 0 Å². The van der Waals surface area contributed by atoms with Crippen molar-refractivity contribution in [1.82, 2.24) is 15.5 Å². The maximum atomic E-state index is 11.6. The molecule has 118 valence electrons. The Balaban J connectivity index is 4.51. The van der Waals surface area contributed by atoms with Crippen molar-refractivity contribution in [2.45, 2.75) is 39.3 Å². The fourth-order valence-electron chi connectivity index (χ4n) is 2.10. The van der Waals surface area contributed by atoms with Crippen LogP contribution in [0.5, 0.6) is 0 Å². The van der Waals surface area contributed by atoms with Gasteiger partial charge in [-0.25, -0.2) is 4.79 Å². The highest BCUT2D eigenvalue weighted by atomic mass is 16.5. The Hall–Kier alpha value is -1.14. The van der Waals surface area contributed by atoms with Gasteiger partial charge in [0.15, 0.2) is 0 Å². The normalized spacial score (nSPS) is 14.2. The summed E-state index contributed by atoms with van der Waals surface area (Å²) in [6, 6.07) is -0.375. The van der Waals surface area contributed by atoms with Gasteiger partial charge in [0.2, 0.25) is 5.91 Å². The van der Waals surface area contributed by atoms with Crippen molar-refractivity contribution in [2.24, 2.45) is 5.92 Å². The van der Waals surface area contributed by atoms with Gasteiger partial charge in [-0.3, -0.25) is 4.79 Å². The minimum atomic E-state index is -0.644. The first-order valence-corrected chi connectivity index (χ1v) is 6.99. The Morgan fingerprint density at radius 3 is 2.25 bits per heavy atom. The highest BCUT2D eigenvalue weighted by molar-refractivity contribution is 5.83. The lowest BCUT2D eigenvalue weighted by molar-refractivity contribution is -0.144. The van der Waals surface area contributed by atoms with Crippen LogP contribution in [0, 0.1) is 5.92 Å². The van der Waals surface area contributed by atoms with E-state index in [0.717, 1.165) is 13.0 Å². The third-order valence-corrected chi connectivity index (χ3v) is 2.82. The summed E-state index contributed by atoms with van der Waals surface area (Å²) in [7, 11) is 5.35. The summed E-state index contributed by atoms with van der Waals surface area (Å²) in [5, 5.41) is 5.95. The number of esters is 1. The van der Waals surface area contributed by atoms with Gasteiger partial charge in [-0.2, -0.15) is 0 Å². The largest absolute Gasteiger partial charge is 0.467 e. The highest BCUT2D eigenvalue weighted by Crippen LogP contribution is 2.05. The number of nitrogens with one attached hydrogen (secondary N) is 2. The molecule has 2 N–H and O–H groups in total. The summed E-state index contributed by atoms with van der Waals surface area (Å²) in [6.07, 6.45) is 1.01. The number of carbonyl (C=O) groups excluding carboxylic acids is 2. The van der Waals surface area contributed by atoms with Gasteiger partial charge in [-0.1, -0.05) is 13.8 Å². The average Bonchev–Trinajstić information content (AvgIpc) is 2.31. The molecule has 0 bridgehead atoms.